The third-order valence-corrected chi connectivity index (χ3v) is 3.86. The number of hydrogen-bond acceptors (Lipinski definition) is 6. The predicted octanol–water partition coefficient (Wildman–Crippen LogP) is 3.24. The summed E-state index contributed by atoms with van der Waals surface area (Å²) in [5.41, 5.74) is 3.26. The molecule has 0 radical (unpaired) electrons. The molecule has 8 nitrogen and oxygen atoms in total. The molecule has 144 valence electrons. The first kappa shape index (κ1) is 19.2. The monoisotopic (exact) mass is 378 g/mol. The van der Waals surface area contributed by atoms with Crippen LogP contribution in [0.15, 0.2) is 61.2 Å². The molecular formula is C20H22N6O2. The van der Waals surface area contributed by atoms with E-state index in [1.807, 2.05) is 36.5 Å². The predicted molar refractivity (Wildman–Crippen MR) is 108 cm³/mol. The summed E-state index contributed by atoms with van der Waals surface area (Å²) in [5.74, 6) is 0.511. The van der Waals surface area contributed by atoms with E-state index in [4.69, 9.17) is 4.74 Å². The number of amides is 1. The Morgan fingerprint density at radius 1 is 1.21 bits per heavy atom. The molecular weight excluding hydrogens is 356 g/mol. The second kappa shape index (κ2) is 9.43. The summed E-state index contributed by atoms with van der Waals surface area (Å²) in [6.07, 6.45) is 8.31. The lowest BCUT2D eigenvalue weighted by molar-refractivity contribution is -0.111. The Labute approximate surface area is 163 Å². The van der Waals surface area contributed by atoms with Crippen molar-refractivity contribution in [2.24, 2.45) is 0 Å². The van der Waals surface area contributed by atoms with Crippen LogP contribution in [0.3, 0.4) is 0 Å². The van der Waals surface area contributed by atoms with Gasteiger partial charge in [0.25, 0.3) is 0 Å². The maximum absolute atomic E-state index is 11.6. The third kappa shape index (κ3) is 5.24. The molecule has 3 rings (SSSR count). The van der Waals surface area contributed by atoms with Crippen molar-refractivity contribution >= 4 is 23.1 Å². The van der Waals surface area contributed by atoms with Crippen molar-refractivity contribution in [3.63, 3.8) is 0 Å². The first-order valence-electron chi connectivity index (χ1n) is 8.82. The molecule has 28 heavy (non-hydrogen) atoms. The first-order valence-corrected chi connectivity index (χ1v) is 8.82. The molecule has 1 aromatic carbocycles. The van der Waals surface area contributed by atoms with Gasteiger partial charge in [0.15, 0.2) is 0 Å². The number of benzene rings is 1. The molecule has 0 fully saturated rings. The molecule has 0 aliphatic rings. The van der Waals surface area contributed by atoms with Gasteiger partial charge in [-0.1, -0.05) is 18.2 Å². The van der Waals surface area contributed by atoms with Crippen LogP contribution in [0.5, 0.6) is 0 Å². The number of rotatable bonds is 8. The van der Waals surface area contributed by atoms with Gasteiger partial charge in [0.05, 0.1) is 30.7 Å². The van der Waals surface area contributed by atoms with Crippen LogP contribution >= 0.6 is 0 Å². The normalized spacial score (nSPS) is 10.9. The summed E-state index contributed by atoms with van der Waals surface area (Å²) < 4.78 is 6.85. The molecule has 1 amide bonds. The molecule has 0 unspecified atom stereocenters. The Bertz CT molecular complexity index is 949. The number of methoxy groups -OCH3 is 1. The highest BCUT2D eigenvalue weighted by atomic mass is 16.5. The van der Waals surface area contributed by atoms with Gasteiger partial charge in [-0.2, -0.15) is 5.10 Å². The first-order chi connectivity index (χ1) is 13.7. The van der Waals surface area contributed by atoms with Gasteiger partial charge in [-0.15, -0.1) is 0 Å². The van der Waals surface area contributed by atoms with E-state index in [2.05, 4.69) is 25.7 Å². The van der Waals surface area contributed by atoms with Crippen molar-refractivity contribution in [3.8, 4) is 11.3 Å². The summed E-state index contributed by atoms with van der Waals surface area (Å²) in [7, 11) is 1.66. The Kier molecular flexibility index (Phi) is 6.48. The molecule has 2 heterocycles. The lowest BCUT2D eigenvalue weighted by Gasteiger charge is -2.07. The molecule has 0 aliphatic carbocycles. The number of carbonyl (C=O) groups excluding carboxylic acids is 1. The summed E-state index contributed by atoms with van der Waals surface area (Å²) in [4.78, 5) is 20.2. The Morgan fingerprint density at radius 3 is 2.79 bits per heavy atom. The molecule has 3 aromatic rings. The van der Waals surface area contributed by atoms with Gasteiger partial charge in [0, 0.05) is 30.6 Å². The number of carbonyl (C=O) groups is 1. The van der Waals surface area contributed by atoms with E-state index >= 15 is 0 Å². The highest BCUT2D eigenvalue weighted by Gasteiger charge is 2.05. The number of nitrogens with zero attached hydrogens (tertiary/aromatic N) is 4. The van der Waals surface area contributed by atoms with Gasteiger partial charge in [0.1, 0.15) is 12.1 Å². The molecule has 0 saturated heterocycles. The second-order valence-electron chi connectivity index (χ2n) is 5.96. The summed E-state index contributed by atoms with van der Waals surface area (Å²) in [6.45, 7) is 3.09. The van der Waals surface area contributed by atoms with Crippen molar-refractivity contribution in [1.29, 1.82) is 0 Å². The van der Waals surface area contributed by atoms with Crippen LogP contribution in [-0.4, -0.2) is 39.4 Å². The van der Waals surface area contributed by atoms with Gasteiger partial charge in [-0.3, -0.25) is 9.48 Å². The topological polar surface area (TPSA) is 94.0 Å². The zero-order valence-electron chi connectivity index (χ0n) is 15.8. The molecule has 0 saturated carbocycles. The van der Waals surface area contributed by atoms with Crippen LogP contribution in [0.1, 0.15) is 6.92 Å². The van der Waals surface area contributed by atoms with Gasteiger partial charge >= 0.3 is 0 Å². The molecule has 0 bridgehead atoms. The Morgan fingerprint density at radius 2 is 2.04 bits per heavy atom. The minimum absolute atomic E-state index is 0.158. The second-order valence-corrected chi connectivity index (χ2v) is 5.96. The van der Waals surface area contributed by atoms with Crippen LogP contribution in [0.2, 0.25) is 0 Å². The van der Waals surface area contributed by atoms with Crippen LogP contribution in [-0.2, 0) is 16.1 Å². The smallest absolute Gasteiger partial charge is 0.248 e. The zero-order valence-corrected chi connectivity index (χ0v) is 15.8. The number of nitrogens with one attached hydrogen (secondary N) is 2. The van der Waals surface area contributed by atoms with E-state index in [0.717, 1.165) is 22.6 Å². The van der Waals surface area contributed by atoms with Crippen LogP contribution in [0.25, 0.3) is 11.3 Å². The fourth-order valence-corrected chi connectivity index (χ4v) is 2.53. The minimum Gasteiger partial charge on any atom is -0.383 e. The van der Waals surface area contributed by atoms with Gasteiger partial charge in [0.2, 0.25) is 5.91 Å². The molecule has 8 heteroatoms. The van der Waals surface area contributed by atoms with E-state index < -0.39 is 0 Å². The van der Waals surface area contributed by atoms with E-state index in [1.165, 1.54) is 12.4 Å². The highest BCUT2D eigenvalue weighted by molar-refractivity contribution is 5.99. The minimum atomic E-state index is -0.158. The standard InChI is InChI=1S/C20H22N6O2/c1-3-4-20(27)25-16-7-5-15(6-8-16)18-11-19(22-14-21-18)24-17-12-23-26(13-17)9-10-28-2/h3-8,11-14H,9-10H2,1-2H3,(H,25,27)(H,21,22,24)/b4-3+. The quantitative estimate of drug-likeness (QED) is 0.585. The van der Waals surface area contributed by atoms with E-state index in [9.17, 15) is 4.79 Å². The van der Waals surface area contributed by atoms with Crippen LogP contribution in [0.4, 0.5) is 17.2 Å². The number of aromatic nitrogens is 4. The van der Waals surface area contributed by atoms with Crippen LogP contribution < -0.4 is 10.6 Å². The van der Waals surface area contributed by atoms with Crippen molar-refractivity contribution < 1.29 is 9.53 Å². The van der Waals surface area contributed by atoms with E-state index in [-0.39, 0.29) is 5.91 Å². The number of hydrogen-bond donors (Lipinski definition) is 2. The maximum Gasteiger partial charge on any atom is 0.248 e. The van der Waals surface area contributed by atoms with Crippen molar-refractivity contribution in [2.45, 2.75) is 13.5 Å². The average molecular weight is 378 g/mol. The largest absolute Gasteiger partial charge is 0.383 e. The van der Waals surface area contributed by atoms with Crippen LogP contribution in [0, 0.1) is 0 Å². The van der Waals surface area contributed by atoms with Gasteiger partial charge in [-0.25, -0.2) is 9.97 Å². The van der Waals surface area contributed by atoms with Crippen molar-refractivity contribution in [2.75, 3.05) is 24.4 Å². The lowest BCUT2D eigenvalue weighted by atomic mass is 10.1. The molecule has 0 atom stereocenters. The maximum atomic E-state index is 11.6. The van der Waals surface area contributed by atoms with Crippen molar-refractivity contribution in [1.82, 2.24) is 19.7 Å². The summed E-state index contributed by atoms with van der Waals surface area (Å²) >= 11 is 0. The summed E-state index contributed by atoms with van der Waals surface area (Å²) in [5, 5.41) is 10.3. The fraction of sp³-hybridized carbons (Fsp3) is 0.200. The zero-order chi connectivity index (χ0) is 19.8. The Hall–Kier alpha value is -3.52. The number of ether oxygens (including phenoxy) is 1. The van der Waals surface area contributed by atoms with Crippen molar-refractivity contribution in [3.05, 3.63) is 61.2 Å². The molecule has 0 aliphatic heterocycles. The number of allylic oxidation sites excluding steroid dienone is 1. The lowest BCUT2D eigenvalue weighted by Crippen LogP contribution is -2.07. The Balaban J connectivity index is 1.69. The highest BCUT2D eigenvalue weighted by Crippen LogP contribution is 2.22. The molecule has 2 aromatic heterocycles. The van der Waals surface area contributed by atoms with Gasteiger partial charge in [-0.05, 0) is 25.1 Å². The summed E-state index contributed by atoms with van der Waals surface area (Å²) in [6, 6.07) is 9.35. The average Bonchev–Trinajstić information content (AvgIpc) is 3.14. The fourth-order valence-electron chi connectivity index (χ4n) is 2.53. The van der Waals surface area contributed by atoms with E-state index in [1.54, 1.807) is 31.0 Å². The molecule has 2 N–H and O–H groups in total. The van der Waals surface area contributed by atoms with Gasteiger partial charge < -0.3 is 15.4 Å². The third-order valence-electron chi connectivity index (χ3n) is 3.86. The molecule has 0 spiro atoms. The van der Waals surface area contributed by atoms with E-state index in [0.29, 0.717) is 19.0 Å². The SMILES string of the molecule is C/C=C/C(=O)Nc1ccc(-c2cc(Nc3cnn(CCOC)c3)ncn2)cc1. The number of anilines is 3.